The number of nitrogens with zero attached hydrogens (tertiary/aromatic N) is 1. The van der Waals surface area contributed by atoms with E-state index in [1.54, 1.807) is 7.11 Å². The Bertz CT molecular complexity index is 1180. The Balaban J connectivity index is 1.54. The van der Waals surface area contributed by atoms with Crippen molar-refractivity contribution in [3.05, 3.63) is 71.4 Å². The van der Waals surface area contributed by atoms with Gasteiger partial charge in [-0.3, -0.25) is 9.69 Å². The molecule has 5 heteroatoms. The Morgan fingerprint density at radius 2 is 2.12 bits per heavy atom. The van der Waals surface area contributed by atoms with Crippen molar-refractivity contribution in [3.63, 3.8) is 0 Å². The van der Waals surface area contributed by atoms with Crippen molar-refractivity contribution in [2.75, 3.05) is 13.7 Å². The lowest BCUT2D eigenvalue weighted by molar-refractivity contribution is -0.125. The van der Waals surface area contributed by atoms with Crippen LogP contribution in [-0.4, -0.2) is 41.5 Å². The highest BCUT2D eigenvalue weighted by Crippen LogP contribution is 2.41. The minimum atomic E-state index is -0.170. The van der Waals surface area contributed by atoms with Crippen LogP contribution in [0.3, 0.4) is 0 Å². The van der Waals surface area contributed by atoms with Gasteiger partial charge in [0.25, 0.3) is 0 Å². The fourth-order valence-electron chi connectivity index (χ4n) is 5.12. The SMILES string of the molecule is CC[C@@H](C)NC(=O)[C@@H]1C=C2c3cccc4[nH]cc(c34)C[C@H]2N(Cc2cccc(OC)c2)C1. The molecule has 5 nitrogen and oxygen atoms in total. The quantitative estimate of drug-likeness (QED) is 0.605. The van der Waals surface area contributed by atoms with Crippen LogP contribution in [0.15, 0.2) is 54.7 Å². The molecular formula is C27H31N3O2. The van der Waals surface area contributed by atoms with Gasteiger partial charge in [-0.15, -0.1) is 0 Å². The van der Waals surface area contributed by atoms with Crippen molar-refractivity contribution in [1.29, 1.82) is 0 Å². The summed E-state index contributed by atoms with van der Waals surface area (Å²) in [6.45, 7) is 5.66. The summed E-state index contributed by atoms with van der Waals surface area (Å²) in [7, 11) is 1.70. The molecule has 0 unspecified atom stereocenters. The molecule has 0 spiro atoms. The Labute approximate surface area is 189 Å². The fourth-order valence-corrected chi connectivity index (χ4v) is 5.12. The zero-order valence-electron chi connectivity index (χ0n) is 19.0. The first-order chi connectivity index (χ1) is 15.6. The Kier molecular flexibility index (Phi) is 5.51. The van der Waals surface area contributed by atoms with E-state index in [9.17, 15) is 4.79 Å². The van der Waals surface area contributed by atoms with Crippen molar-refractivity contribution in [1.82, 2.24) is 15.2 Å². The molecule has 1 aliphatic carbocycles. The van der Waals surface area contributed by atoms with Crippen molar-refractivity contribution < 1.29 is 9.53 Å². The van der Waals surface area contributed by atoms with E-state index in [4.69, 9.17) is 4.74 Å². The molecule has 3 aromatic rings. The maximum atomic E-state index is 13.2. The third kappa shape index (κ3) is 3.71. The predicted molar refractivity (Wildman–Crippen MR) is 129 cm³/mol. The number of rotatable bonds is 6. The molecule has 0 saturated heterocycles. The fraction of sp³-hybridized carbons (Fsp3) is 0.370. The Hall–Kier alpha value is -3.05. The number of benzene rings is 2. The molecule has 166 valence electrons. The molecule has 32 heavy (non-hydrogen) atoms. The normalized spacial score (nSPS) is 21.0. The van der Waals surface area contributed by atoms with Crippen LogP contribution in [0.1, 0.15) is 37.0 Å². The minimum Gasteiger partial charge on any atom is -0.497 e. The molecule has 2 aromatic carbocycles. The lowest BCUT2D eigenvalue weighted by atomic mass is 9.79. The predicted octanol–water partition coefficient (Wildman–Crippen LogP) is 4.53. The molecule has 0 bridgehead atoms. The molecule has 5 rings (SSSR count). The molecule has 2 aliphatic rings. The Morgan fingerprint density at radius 1 is 1.28 bits per heavy atom. The Morgan fingerprint density at radius 3 is 2.94 bits per heavy atom. The largest absolute Gasteiger partial charge is 0.497 e. The van der Waals surface area contributed by atoms with Crippen LogP contribution in [0.5, 0.6) is 5.75 Å². The number of fused-ring (bicyclic) bond motifs is 2. The van der Waals surface area contributed by atoms with Gasteiger partial charge in [0.15, 0.2) is 0 Å². The molecular weight excluding hydrogens is 398 g/mol. The van der Waals surface area contributed by atoms with Crippen LogP contribution in [0.2, 0.25) is 0 Å². The minimum absolute atomic E-state index is 0.119. The standard InChI is InChI=1S/C27H31N3O2/c1-4-17(2)29-27(31)20-12-23-22-9-6-10-24-26(22)19(14-28-24)13-25(23)30(16-20)15-18-7-5-8-21(11-18)32-3/h5-12,14,17,20,25,28H,4,13,15-16H2,1-3H3,(H,29,31)/t17-,20-,25-/m1/s1. The molecule has 0 fully saturated rings. The number of ether oxygens (including phenoxy) is 1. The number of carbonyl (C=O) groups excluding carboxylic acids is 1. The first-order valence-electron chi connectivity index (χ1n) is 11.6. The van der Waals surface area contributed by atoms with E-state index in [0.29, 0.717) is 6.54 Å². The van der Waals surface area contributed by atoms with E-state index in [-0.39, 0.29) is 23.9 Å². The maximum Gasteiger partial charge on any atom is 0.228 e. The van der Waals surface area contributed by atoms with Crippen LogP contribution in [-0.2, 0) is 17.8 Å². The first kappa shape index (κ1) is 20.8. The highest BCUT2D eigenvalue weighted by atomic mass is 16.5. The van der Waals surface area contributed by atoms with Gasteiger partial charge in [0.05, 0.1) is 13.0 Å². The van der Waals surface area contributed by atoms with E-state index >= 15 is 0 Å². The van der Waals surface area contributed by atoms with Gasteiger partial charge in [0.1, 0.15) is 5.75 Å². The number of methoxy groups -OCH3 is 1. The average Bonchev–Trinajstić information content (AvgIpc) is 3.23. The summed E-state index contributed by atoms with van der Waals surface area (Å²) < 4.78 is 5.44. The van der Waals surface area contributed by atoms with Gasteiger partial charge in [-0.25, -0.2) is 0 Å². The summed E-state index contributed by atoms with van der Waals surface area (Å²) in [4.78, 5) is 19.1. The van der Waals surface area contributed by atoms with Gasteiger partial charge in [-0.05, 0) is 60.2 Å². The van der Waals surface area contributed by atoms with Crippen LogP contribution in [0, 0.1) is 5.92 Å². The number of carbonyl (C=O) groups is 1. The third-order valence-corrected chi connectivity index (χ3v) is 6.98. The number of aromatic nitrogens is 1. The maximum absolute atomic E-state index is 13.2. The van der Waals surface area contributed by atoms with E-state index in [2.05, 4.69) is 71.7 Å². The summed E-state index contributed by atoms with van der Waals surface area (Å²) in [6.07, 6.45) is 6.26. The highest BCUT2D eigenvalue weighted by molar-refractivity contribution is 5.99. The molecule has 2 N–H and O–H groups in total. The number of hydrogen-bond acceptors (Lipinski definition) is 3. The summed E-state index contributed by atoms with van der Waals surface area (Å²) in [6, 6.07) is 15.1. The van der Waals surface area contributed by atoms with E-state index in [1.165, 1.54) is 33.2 Å². The van der Waals surface area contributed by atoms with Crippen molar-refractivity contribution in [2.24, 2.45) is 5.92 Å². The topological polar surface area (TPSA) is 57.4 Å². The van der Waals surface area contributed by atoms with Crippen LogP contribution in [0.25, 0.3) is 16.5 Å². The number of nitrogens with one attached hydrogen (secondary N) is 2. The van der Waals surface area contributed by atoms with Crippen molar-refractivity contribution in [2.45, 2.75) is 45.3 Å². The van der Waals surface area contributed by atoms with E-state index in [1.807, 2.05) is 12.1 Å². The van der Waals surface area contributed by atoms with Crippen LogP contribution >= 0.6 is 0 Å². The highest BCUT2D eigenvalue weighted by Gasteiger charge is 2.37. The molecule has 0 radical (unpaired) electrons. The van der Waals surface area contributed by atoms with Gasteiger partial charge in [-0.1, -0.05) is 37.3 Å². The average molecular weight is 430 g/mol. The number of amides is 1. The lowest BCUT2D eigenvalue weighted by Crippen LogP contribution is -2.49. The van der Waals surface area contributed by atoms with Crippen LogP contribution < -0.4 is 10.1 Å². The van der Waals surface area contributed by atoms with Gasteiger partial charge in [0.2, 0.25) is 5.91 Å². The van der Waals surface area contributed by atoms with Gasteiger partial charge in [-0.2, -0.15) is 0 Å². The second kappa shape index (κ2) is 8.47. The van der Waals surface area contributed by atoms with Gasteiger partial charge < -0.3 is 15.0 Å². The third-order valence-electron chi connectivity index (χ3n) is 6.98. The molecule has 1 amide bonds. The number of H-pyrrole nitrogens is 1. The van der Waals surface area contributed by atoms with Gasteiger partial charge >= 0.3 is 0 Å². The zero-order valence-corrected chi connectivity index (χ0v) is 19.0. The summed E-state index contributed by atoms with van der Waals surface area (Å²) in [5, 5.41) is 4.50. The van der Waals surface area contributed by atoms with Crippen molar-refractivity contribution >= 4 is 22.4 Å². The summed E-state index contributed by atoms with van der Waals surface area (Å²) in [5.41, 5.74) is 6.26. The molecule has 1 aliphatic heterocycles. The van der Waals surface area contributed by atoms with Crippen LogP contribution in [0.4, 0.5) is 0 Å². The number of hydrogen-bond donors (Lipinski definition) is 2. The first-order valence-corrected chi connectivity index (χ1v) is 11.6. The van der Waals surface area contributed by atoms with E-state index < -0.39 is 0 Å². The molecule has 3 atom stereocenters. The molecule has 2 heterocycles. The monoisotopic (exact) mass is 429 g/mol. The summed E-state index contributed by atoms with van der Waals surface area (Å²) >= 11 is 0. The lowest BCUT2D eigenvalue weighted by Gasteiger charge is -2.42. The summed E-state index contributed by atoms with van der Waals surface area (Å²) in [5.74, 6) is 0.812. The van der Waals surface area contributed by atoms with Crippen molar-refractivity contribution in [3.8, 4) is 5.75 Å². The molecule has 1 aromatic heterocycles. The molecule has 0 saturated carbocycles. The van der Waals surface area contributed by atoms with Gasteiger partial charge in [0, 0.05) is 42.3 Å². The smallest absolute Gasteiger partial charge is 0.228 e. The van der Waals surface area contributed by atoms with E-state index in [0.717, 1.165) is 25.1 Å². The number of aromatic amines is 1. The zero-order chi connectivity index (χ0) is 22.2. The second-order valence-electron chi connectivity index (χ2n) is 9.09. The second-order valence-corrected chi connectivity index (χ2v) is 9.09.